The molecule has 0 aromatic carbocycles. The number of ether oxygens (including phenoxy) is 1. The standard InChI is InChI=1S/C14H27NOS/c1-10(7-9-17-4)15-12-11-6-5-8-16-13(11)14(12,2)3/h10-13,15H,5-9H2,1-4H3. The summed E-state index contributed by atoms with van der Waals surface area (Å²) in [4.78, 5) is 0. The zero-order valence-electron chi connectivity index (χ0n) is 11.7. The highest BCUT2D eigenvalue weighted by Crippen LogP contribution is 2.51. The summed E-state index contributed by atoms with van der Waals surface area (Å²) in [5.41, 5.74) is 0.318. The summed E-state index contributed by atoms with van der Waals surface area (Å²) < 4.78 is 5.94. The van der Waals surface area contributed by atoms with E-state index in [1.165, 1.54) is 25.0 Å². The number of thioether (sulfide) groups is 1. The van der Waals surface area contributed by atoms with Crippen molar-refractivity contribution < 1.29 is 4.74 Å². The summed E-state index contributed by atoms with van der Waals surface area (Å²) in [6, 6.07) is 1.29. The molecule has 1 aliphatic heterocycles. The molecule has 1 aliphatic carbocycles. The predicted octanol–water partition coefficient (Wildman–Crippen LogP) is 2.92. The van der Waals surface area contributed by atoms with Gasteiger partial charge >= 0.3 is 0 Å². The van der Waals surface area contributed by atoms with E-state index in [1.807, 2.05) is 11.8 Å². The van der Waals surface area contributed by atoms with Crippen LogP contribution in [0, 0.1) is 11.3 Å². The third-order valence-corrected chi connectivity index (χ3v) is 5.19. The van der Waals surface area contributed by atoms with Gasteiger partial charge in [-0.25, -0.2) is 0 Å². The Bertz CT molecular complexity index is 257. The van der Waals surface area contributed by atoms with Crippen LogP contribution >= 0.6 is 11.8 Å². The summed E-state index contributed by atoms with van der Waals surface area (Å²) in [5, 5.41) is 3.85. The van der Waals surface area contributed by atoms with Crippen molar-refractivity contribution >= 4 is 11.8 Å². The second-order valence-electron chi connectivity index (χ2n) is 6.25. The molecule has 4 unspecified atom stereocenters. The summed E-state index contributed by atoms with van der Waals surface area (Å²) >= 11 is 1.94. The molecule has 2 aliphatic rings. The van der Waals surface area contributed by atoms with E-state index < -0.39 is 0 Å². The molecule has 1 N–H and O–H groups in total. The van der Waals surface area contributed by atoms with Crippen LogP contribution in [0.5, 0.6) is 0 Å². The topological polar surface area (TPSA) is 21.3 Å². The minimum absolute atomic E-state index is 0.318. The minimum Gasteiger partial charge on any atom is -0.377 e. The molecule has 1 saturated heterocycles. The second-order valence-corrected chi connectivity index (χ2v) is 7.23. The first-order chi connectivity index (χ1) is 8.07. The Hall–Kier alpha value is 0.270. The molecule has 0 amide bonds. The second kappa shape index (κ2) is 5.50. The summed E-state index contributed by atoms with van der Waals surface area (Å²) in [5.74, 6) is 2.02. The van der Waals surface area contributed by atoms with Gasteiger partial charge < -0.3 is 10.1 Å². The van der Waals surface area contributed by atoms with Gasteiger partial charge in [0.25, 0.3) is 0 Å². The van der Waals surface area contributed by atoms with Gasteiger partial charge in [0.2, 0.25) is 0 Å². The molecule has 3 heteroatoms. The molecular weight excluding hydrogens is 230 g/mol. The third kappa shape index (κ3) is 2.66. The van der Waals surface area contributed by atoms with Crippen molar-refractivity contribution in [1.29, 1.82) is 0 Å². The first kappa shape index (κ1) is 13.7. The first-order valence-corrected chi connectivity index (χ1v) is 8.33. The lowest BCUT2D eigenvalue weighted by atomic mass is 9.55. The van der Waals surface area contributed by atoms with Gasteiger partial charge in [-0.2, -0.15) is 11.8 Å². The molecule has 100 valence electrons. The van der Waals surface area contributed by atoms with E-state index in [0.717, 1.165) is 12.5 Å². The van der Waals surface area contributed by atoms with Gasteiger partial charge in [0.1, 0.15) is 0 Å². The molecule has 2 nitrogen and oxygen atoms in total. The summed E-state index contributed by atoms with van der Waals surface area (Å²) in [6.45, 7) is 8.01. The Morgan fingerprint density at radius 2 is 2.24 bits per heavy atom. The lowest BCUT2D eigenvalue weighted by Gasteiger charge is -2.60. The maximum Gasteiger partial charge on any atom is 0.0684 e. The SMILES string of the molecule is CSCCC(C)NC1C2CCCOC2C1(C)C. The van der Waals surface area contributed by atoms with Crippen molar-refractivity contribution in [3.05, 3.63) is 0 Å². The lowest BCUT2D eigenvalue weighted by Crippen LogP contribution is -2.70. The number of nitrogens with one attached hydrogen (secondary N) is 1. The largest absolute Gasteiger partial charge is 0.377 e. The Kier molecular flexibility index (Phi) is 4.43. The van der Waals surface area contributed by atoms with E-state index in [4.69, 9.17) is 4.74 Å². The van der Waals surface area contributed by atoms with E-state index in [2.05, 4.69) is 32.3 Å². The van der Waals surface area contributed by atoms with Crippen LogP contribution in [-0.2, 0) is 4.74 Å². The van der Waals surface area contributed by atoms with E-state index >= 15 is 0 Å². The molecule has 1 saturated carbocycles. The van der Waals surface area contributed by atoms with Crippen LogP contribution in [0.2, 0.25) is 0 Å². The van der Waals surface area contributed by atoms with Crippen molar-refractivity contribution in [2.75, 3.05) is 18.6 Å². The monoisotopic (exact) mass is 257 g/mol. The zero-order chi connectivity index (χ0) is 12.5. The number of hydrogen-bond acceptors (Lipinski definition) is 3. The van der Waals surface area contributed by atoms with Crippen molar-refractivity contribution in [2.24, 2.45) is 11.3 Å². The molecule has 0 radical (unpaired) electrons. The fraction of sp³-hybridized carbons (Fsp3) is 1.00. The molecule has 17 heavy (non-hydrogen) atoms. The molecule has 0 aromatic rings. The highest BCUT2D eigenvalue weighted by atomic mass is 32.2. The third-order valence-electron chi connectivity index (χ3n) is 4.55. The van der Waals surface area contributed by atoms with Crippen LogP contribution in [-0.4, -0.2) is 36.8 Å². The zero-order valence-corrected chi connectivity index (χ0v) is 12.5. The molecular formula is C14H27NOS. The molecule has 1 heterocycles. The van der Waals surface area contributed by atoms with Crippen molar-refractivity contribution in [1.82, 2.24) is 5.32 Å². The van der Waals surface area contributed by atoms with Crippen molar-refractivity contribution in [3.8, 4) is 0 Å². The summed E-state index contributed by atoms with van der Waals surface area (Å²) in [7, 11) is 0. The highest BCUT2D eigenvalue weighted by Gasteiger charge is 2.57. The lowest BCUT2D eigenvalue weighted by molar-refractivity contribution is -0.194. The van der Waals surface area contributed by atoms with Crippen LogP contribution in [0.3, 0.4) is 0 Å². The van der Waals surface area contributed by atoms with Crippen LogP contribution in [0.1, 0.15) is 40.0 Å². The number of rotatable bonds is 5. The van der Waals surface area contributed by atoms with Gasteiger partial charge in [-0.05, 0) is 38.2 Å². The normalized spacial score (nSPS) is 37.1. The quantitative estimate of drug-likeness (QED) is 0.818. The van der Waals surface area contributed by atoms with Gasteiger partial charge in [-0.15, -0.1) is 0 Å². The Morgan fingerprint density at radius 3 is 2.94 bits per heavy atom. The van der Waals surface area contributed by atoms with Crippen molar-refractivity contribution in [3.63, 3.8) is 0 Å². The fourth-order valence-corrected chi connectivity index (χ4v) is 4.13. The van der Waals surface area contributed by atoms with Gasteiger partial charge in [-0.3, -0.25) is 0 Å². The maximum atomic E-state index is 5.94. The van der Waals surface area contributed by atoms with Crippen LogP contribution < -0.4 is 5.32 Å². The van der Waals surface area contributed by atoms with Gasteiger partial charge in [0, 0.05) is 30.0 Å². The first-order valence-electron chi connectivity index (χ1n) is 6.94. The van der Waals surface area contributed by atoms with Gasteiger partial charge in [-0.1, -0.05) is 13.8 Å². The fourth-order valence-electron chi connectivity index (χ4n) is 3.55. The Morgan fingerprint density at radius 1 is 1.47 bits per heavy atom. The minimum atomic E-state index is 0.318. The number of fused-ring (bicyclic) bond motifs is 1. The van der Waals surface area contributed by atoms with E-state index in [-0.39, 0.29) is 0 Å². The maximum absolute atomic E-state index is 5.94. The van der Waals surface area contributed by atoms with Crippen LogP contribution in [0.25, 0.3) is 0 Å². The average molecular weight is 257 g/mol. The molecule has 0 spiro atoms. The van der Waals surface area contributed by atoms with Crippen LogP contribution in [0.15, 0.2) is 0 Å². The van der Waals surface area contributed by atoms with Crippen LogP contribution in [0.4, 0.5) is 0 Å². The molecule has 0 bridgehead atoms. The van der Waals surface area contributed by atoms with E-state index in [0.29, 0.717) is 23.6 Å². The molecule has 0 aromatic heterocycles. The average Bonchev–Trinajstić information content (AvgIpc) is 2.33. The highest BCUT2D eigenvalue weighted by molar-refractivity contribution is 7.98. The predicted molar refractivity (Wildman–Crippen MR) is 75.6 cm³/mol. The molecule has 2 rings (SSSR count). The van der Waals surface area contributed by atoms with E-state index in [1.54, 1.807) is 0 Å². The molecule has 4 atom stereocenters. The van der Waals surface area contributed by atoms with Crippen molar-refractivity contribution in [2.45, 2.75) is 58.2 Å². The van der Waals surface area contributed by atoms with Gasteiger partial charge in [0.15, 0.2) is 0 Å². The Labute approximate surface area is 110 Å². The molecule has 2 fully saturated rings. The van der Waals surface area contributed by atoms with Gasteiger partial charge in [0.05, 0.1) is 6.10 Å². The Balaban J connectivity index is 1.87. The van der Waals surface area contributed by atoms with E-state index in [9.17, 15) is 0 Å². The number of hydrogen-bond donors (Lipinski definition) is 1. The summed E-state index contributed by atoms with van der Waals surface area (Å²) in [6.07, 6.45) is 6.55. The smallest absolute Gasteiger partial charge is 0.0684 e.